The molecule has 4 nitrogen and oxygen atoms in total. The molecule has 0 saturated carbocycles. The van der Waals surface area contributed by atoms with E-state index in [0.717, 1.165) is 43.2 Å². The molecule has 0 N–H and O–H groups in total. The maximum Gasteiger partial charge on any atom is 0.311 e. The number of ether oxygens (including phenoxy) is 2. The average Bonchev–Trinajstić information content (AvgIpc) is 2.70. The topological polar surface area (TPSA) is 48.4 Å². The van der Waals surface area contributed by atoms with Crippen LogP contribution in [0.15, 0.2) is 42.7 Å². The Morgan fingerprint density at radius 1 is 1.04 bits per heavy atom. The molecule has 1 unspecified atom stereocenters. The van der Waals surface area contributed by atoms with Crippen molar-refractivity contribution in [2.75, 3.05) is 6.61 Å². The minimum Gasteiger partial charge on any atom is -0.491 e. The molecule has 0 aliphatic carbocycles. The Morgan fingerprint density at radius 2 is 1.81 bits per heavy atom. The number of esters is 1. The highest BCUT2D eigenvalue weighted by atomic mass is 16.5. The first-order valence-corrected chi connectivity index (χ1v) is 10.0. The van der Waals surface area contributed by atoms with Gasteiger partial charge in [-0.3, -0.25) is 9.78 Å². The van der Waals surface area contributed by atoms with E-state index >= 15 is 0 Å². The van der Waals surface area contributed by atoms with E-state index in [4.69, 9.17) is 9.47 Å². The molecule has 2 rings (SSSR count). The van der Waals surface area contributed by atoms with Gasteiger partial charge in [-0.1, -0.05) is 64.7 Å². The molecule has 1 aromatic carbocycles. The number of hydrogen-bond acceptors (Lipinski definition) is 4. The molecule has 27 heavy (non-hydrogen) atoms. The van der Waals surface area contributed by atoms with E-state index in [1.807, 2.05) is 30.3 Å². The first-order chi connectivity index (χ1) is 13.2. The van der Waals surface area contributed by atoms with Gasteiger partial charge in [-0.05, 0) is 24.5 Å². The van der Waals surface area contributed by atoms with Crippen LogP contribution >= 0.6 is 0 Å². The van der Waals surface area contributed by atoms with Gasteiger partial charge in [-0.15, -0.1) is 0 Å². The first kappa shape index (κ1) is 20.9. The van der Waals surface area contributed by atoms with Crippen LogP contribution in [0, 0.1) is 5.92 Å². The number of hydrogen-bond donors (Lipinski definition) is 0. The summed E-state index contributed by atoms with van der Waals surface area (Å²) in [7, 11) is 0. The van der Waals surface area contributed by atoms with Crippen molar-refractivity contribution in [2.45, 2.75) is 59.3 Å². The Labute approximate surface area is 162 Å². The van der Waals surface area contributed by atoms with Crippen LogP contribution in [0.1, 0.15) is 59.3 Å². The van der Waals surface area contributed by atoms with E-state index in [1.54, 1.807) is 12.4 Å². The van der Waals surface area contributed by atoms with Crippen LogP contribution in [0.5, 0.6) is 11.5 Å². The highest BCUT2D eigenvalue weighted by Crippen LogP contribution is 2.36. The average molecular weight is 370 g/mol. The summed E-state index contributed by atoms with van der Waals surface area (Å²) in [6.45, 7) is 7.09. The van der Waals surface area contributed by atoms with Gasteiger partial charge >= 0.3 is 5.97 Å². The van der Waals surface area contributed by atoms with E-state index in [2.05, 4.69) is 25.8 Å². The van der Waals surface area contributed by atoms with Gasteiger partial charge in [0.2, 0.25) is 0 Å². The summed E-state index contributed by atoms with van der Waals surface area (Å²) in [5, 5.41) is 0. The van der Waals surface area contributed by atoms with Gasteiger partial charge in [0.05, 0.1) is 12.8 Å². The number of unbranched alkanes of at least 4 members (excludes halogenated alkanes) is 3. The standard InChI is InChI=1S/C23H31NO3/c1-4-6-7-8-13-23(25)27-21-12-10-9-11-19(21)20-14-15-24-16-22(20)26-17-18(3)5-2/h9-12,14-16,18H,4-8,13,17H2,1-3H3. The summed E-state index contributed by atoms with van der Waals surface area (Å²) < 4.78 is 11.7. The molecule has 0 bridgehead atoms. The summed E-state index contributed by atoms with van der Waals surface area (Å²) in [5.41, 5.74) is 1.74. The Hall–Kier alpha value is -2.36. The maximum atomic E-state index is 12.2. The molecule has 1 aromatic heterocycles. The molecule has 1 heterocycles. The summed E-state index contributed by atoms with van der Waals surface area (Å²) in [5.74, 6) is 1.56. The fourth-order valence-corrected chi connectivity index (χ4v) is 2.72. The maximum absolute atomic E-state index is 12.2. The number of carbonyl (C=O) groups excluding carboxylic acids is 1. The van der Waals surface area contributed by atoms with Crippen molar-refractivity contribution in [2.24, 2.45) is 5.92 Å². The zero-order chi connectivity index (χ0) is 19.5. The Bertz CT molecular complexity index is 714. The van der Waals surface area contributed by atoms with Crippen LogP contribution in [0.2, 0.25) is 0 Å². The third-order valence-corrected chi connectivity index (χ3v) is 4.64. The van der Waals surface area contributed by atoms with Crippen molar-refractivity contribution < 1.29 is 14.3 Å². The lowest BCUT2D eigenvalue weighted by atomic mass is 10.0. The summed E-state index contributed by atoms with van der Waals surface area (Å²) in [6, 6.07) is 9.50. The highest BCUT2D eigenvalue weighted by Gasteiger charge is 2.15. The minimum absolute atomic E-state index is 0.185. The van der Waals surface area contributed by atoms with Crippen molar-refractivity contribution in [3.05, 3.63) is 42.7 Å². The van der Waals surface area contributed by atoms with Crippen molar-refractivity contribution in [1.82, 2.24) is 4.98 Å². The van der Waals surface area contributed by atoms with Gasteiger partial charge < -0.3 is 9.47 Å². The molecular formula is C23H31NO3. The number of pyridine rings is 1. The SMILES string of the molecule is CCCCCCC(=O)Oc1ccccc1-c1ccncc1OCC(C)CC. The molecule has 0 saturated heterocycles. The van der Waals surface area contributed by atoms with Gasteiger partial charge in [-0.25, -0.2) is 0 Å². The Kier molecular flexibility index (Phi) is 8.82. The fraction of sp³-hybridized carbons (Fsp3) is 0.478. The number of carbonyl (C=O) groups is 1. The normalized spacial score (nSPS) is 11.8. The predicted molar refractivity (Wildman–Crippen MR) is 109 cm³/mol. The fourth-order valence-electron chi connectivity index (χ4n) is 2.72. The highest BCUT2D eigenvalue weighted by molar-refractivity contribution is 5.80. The van der Waals surface area contributed by atoms with Crippen molar-refractivity contribution in [3.8, 4) is 22.6 Å². The second-order valence-corrected chi connectivity index (χ2v) is 6.98. The van der Waals surface area contributed by atoms with Crippen LogP contribution in [-0.2, 0) is 4.79 Å². The Morgan fingerprint density at radius 3 is 2.59 bits per heavy atom. The lowest BCUT2D eigenvalue weighted by molar-refractivity contribution is -0.134. The van der Waals surface area contributed by atoms with E-state index in [9.17, 15) is 4.79 Å². The quantitative estimate of drug-likeness (QED) is 0.275. The van der Waals surface area contributed by atoms with Crippen LogP contribution in [0.25, 0.3) is 11.1 Å². The van der Waals surface area contributed by atoms with Gasteiger partial charge in [0, 0.05) is 23.7 Å². The first-order valence-electron chi connectivity index (χ1n) is 10.0. The lowest BCUT2D eigenvalue weighted by Crippen LogP contribution is -2.09. The van der Waals surface area contributed by atoms with Crippen LogP contribution < -0.4 is 9.47 Å². The van der Waals surface area contributed by atoms with Gasteiger partial charge in [0.1, 0.15) is 11.5 Å². The second kappa shape index (κ2) is 11.4. The molecule has 146 valence electrons. The van der Waals surface area contributed by atoms with Gasteiger partial charge in [0.15, 0.2) is 0 Å². The van der Waals surface area contributed by atoms with Crippen LogP contribution in [0.4, 0.5) is 0 Å². The van der Waals surface area contributed by atoms with Crippen LogP contribution in [-0.4, -0.2) is 17.6 Å². The van der Waals surface area contributed by atoms with E-state index in [0.29, 0.717) is 30.4 Å². The number of aromatic nitrogens is 1. The van der Waals surface area contributed by atoms with E-state index in [-0.39, 0.29) is 5.97 Å². The minimum atomic E-state index is -0.185. The molecule has 1 atom stereocenters. The zero-order valence-corrected chi connectivity index (χ0v) is 16.7. The predicted octanol–water partition coefficient (Wildman–Crippen LogP) is 6.05. The number of nitrogens with zero attached hydrogens (tertiary/aromatic N) is 1. The largest absolute Gasteiger partial charge is 0.491 e. The number of rotatable bonds is 11. The van der Waals surface area contributed by atoms with Gasteiger partial charge in [0.25, 0.3) is 0 Å². The van der Waals surface area contributed by atoms with E-state index < -0.39 is 0 Å². The molecule has 0 radical (unpaired) electrons. The molecule has 0 amide bonds. The smallest absolute Gasteiger partial charge is 0.311 e. The van der Waals surface area contributed by atoms with Crippen molar-refractivity contribution in [3.63, 3.8) is 0 Å². The number of benzene rings is 1. The summed E-state index contributed by atoms with van der Waals surface area (Å²) >= 11 is 0. The molecule has 0 aliphatic heterocycles. The monoisotopic (exact) mass is 369 g/mol. The van der Waals surface area contributed by atoms with Crippen LogP contribution in [0.3, 0.4) is 0 Å². The second-order valence-electron chi connectivity index (χ2n) is 6.98. The molecular weight excluding hydrogens is 338 g/mol. The van der Waals surface area contributed by atoms with Gasteiger partial charge in [-0.2, -0.15) is 0 Å². The third-order valence-electron chi connectivity index (χ3n) is 4.64. The molecule has 0 fully saturated rings. The molecule has 4 heteroatoms. The molecule has 0 aliphatic rings. The lowest BCUT2D eigenvalue weighted by Gasteiger charge is -2.16. The summed E-state index contributed by atoms with van der Waals surface area (Å²) in [4.78, 5) is 16.4. The van der Waals surface area contributed by atoms with E-state index in [1.165, 1.54) is 0 Å². The van der Waals surface area contributed by atoms with Crippen molar-refractivity contribution >= 4 is 5.97 Å². The third kappa shape index (κ3) is 6.70. The van der Waals surface area contributed by atoms with Crippen molar-refractivity contribution in [1.29, 1.82) is 0 Å². The molecule has 0 spiro atoms. The number of para-hydroxylation sites is 1. The Balaban J connectivity index is 2.14. The zero-order valence-electron chi connectivity index (χ0n) is 16.7. The summed E-state index contributed by atoms with van der Waals surface area (Å²) in [6.07, 6.45) is 9.19. The molecule has 2 aromatic rings.